The molecule has 7 heteroatoms. The van der Waals surface area contributed by atoms with E-state index in [2.05, 4.69) is 15.9 Å². The second-order valence-electron chi connectivity index (χ2n) is 5.33. The van der Waals surface area contributed by atoms with Crippen LogP contribution in [-0.2, 0) is 9.84 Å². The molecule has 1 atom stereocenters. The van der Waals surface area contributed by atoms with E-state index >= 15 is 0 Å². The van der Waals surface area contributed by atoms with E-state index in [4.69, 9.17) is 11.6 Å². The fourth-order valence-corrected chi connectivity index (χ4v) is 5.02. The number of Topliss-reactive ketones (excluding diaryl/α,β-unsaturated/α-hetero) is 1. The van der Waals surface area contributed by atoms with Gasteiger partial charge in [-0.2, -0.15) is 0 Å². The van der Waals surface area contributed by atoms with E-state index in [1.54, 1.807) is 18.2 Å². The number of nitrogens with zero attached hydrogens (tertiary/aromatic N) is 1. The van der Waals surface area contributed by atoms with E-state index in [1.165, 1.54) is 0 Å². The number of rotatable bonds is 5. The third-order valence-corrected chi connectivity index (χ3v) is 6.31. The molecule has 0 N–H and O–H groups in total. The molecule has 0 bridgehead atoms. The number of hydrogen-bond donors (Lipinski definition) is 0. The van der Waals surface area contributed by atoms with E-state index in [0.29, 0.717) is 30.0 Å². The maximum atomic E-state index is 12.2. The molecule has 1 unspecified atom stereocenters. The first kappa shape index (κ1) is 16.9. The molecule has 0 radical (unpaired) electrons. The Morgan fingerprint density at radius 2 is 2.19 bits per heavy atom. The largest absolute Gasteiger partial charge is 0.302 e. The molecule has 0 saturated carbocycles. The summed E-state index contributed by atoms with van der Waals surface area (Å²) in [5.74, 6) is 0.408. The predicted octanol–water partition coefficient (Wildman–Crippen LogP) is 2.79. The maximum Gasteiger partial charge on any atom is 0.165 e. The number of carbonyl (C=O) groups excluding carboxylic acids is 1. The molecule has 1 aromatic carbocycles. The van der Waals surface area contributed by atoms with Crippen LogP contribution in [-0.4, -0.2) is 50.2 Å². The van der Waals surface area contributed by atoms with E-state index in [-0.39, 0.29) is 23.3 Å². The molecule has 0 amide bonds. The minimum atomic E-state index is -2.90. The first-order chi connectivity index (χ1) is 9.78. The third kappa shape index (κ3) is 4.52. The standard InChI is InChI=1S/C14H17BrClNO3S/c1-17(11-5-7-21(19,20)9-11)6-4-14(18)12-3-2-10(15)8-13(12)16/h2-3,8,11H,4-7,9H2,1H3. The van der Waals surface area contributed by atoms with Crippen molar-refractivity contribution >= 4 is 43.2 Å². The van der Waals surface area contributed by atoms with E-state index in [1.807, 2.05) is 11.9 Å². The average Bonchev–Trinajstić information content (AvgIpc) is 2.76. The van der Waals surface area contributed by atoms with Gasteiger partial charge in [0.05, 0.1) is 16.5 Å². The Morgan fingerprint density at radius 1 is 1.48 bits per heavy atom. The molecule has 0 aromatic heterocycles. The van der Waals surface area contributed by atoms with Gasteiger partial charge in [-0.15, -0.1) is 0 Å². The molecule has 0 spiro atoms. The Balaban J connectivity index is 1.92. The topological polar surface area (TPSA) is 54.5 Å². The minimum Gasteiger partial charge on any atom is -0.302 e. The van der Waals surface area contributed by atoms with Crippen LogP contribution in [0.5, 0.6) is 0 Å². The fourth-order valence-electron chi connectivity index (χ4n) is 2.43. The quantitative estimate of drug-likeness (QED) is 0.721. The van der Waals surface area contributed by atoms with Crippen LogP contribution < -0.4 is 0 Å². The molecule has 21 heavy (non-hydrogen) atoms. The summed E-state index contributed by atoms with van der Waals surface area (Å²) in [5.41, 5.74) is 0.507. The molecule has 1 heterocycles. The summed E-state index contributed by atoms with van der Waals surface area (Å²) in [6.45, 7) is 0.533. The van der Waals surface area contributed by atoms with Gasteiger partial charge in [-0.25, -0.2) is 8.42 Å². The average molecular weight is 395 g/mol. The van der Waals surface area contributed by atoms with Crippen molar-refractivity contribution in [2.24, 2.45) is 0 Å². The van der Waals surface area contributed by atoms with Gasteiger partial charge in [0.25, 0.3) is 0 Å². The summed E-state index contributed by atoms with van der Waals surface area (Å²) in [6, 6.07) is 5.20. The van der Waals surface area contributed by atoms with Crippen LogP contribution in [0.3, 0.4) is 0 Å². The summed E-state index contributed by atoms with van der Waals surface area (Å²) in [7, 11) is -1.03. The van der Waals surface area contributed by atoms with Gasteiger partial charge < -0.3 is 4.90 Å². The third-order valence-electron chi connectivity index (χ3n) is 3.75. The van der Waals surface area contributed by atoms with Crippen LogP contribution >= 0.6 is 27.5 Å². The zero-order chi connectivity index (χ0) is 15.6. The highest BCUT2D eigenvalue weighted by Crippen LogP contribution is 2.23. The van der Waals surface area contributed by atoms with E-state index < -0.39 is 9.84 Å². The van der Waals surface area contributed by atoms with Gasteiger partial charge in [-0.3, -0.25) is 4.79 Å². The van der Waals surface area contributed by atoms with Crippen LogP contribution in [0.25, 0.3) is 0 Å². The second kappa shape index (κ2) is 6.77. The van der Waals surface area contributed by atoms with Crippen molar-refractivity contribution < 1.29 is 13.2 Å². The summed E-state index contributed by atoms with van der Waals surface area (Å²) >= 11 is 9.36. The maximum absolute atomic E-state index is 12.2. The SMILES string of the molecule is CN(CCC(=O)c1ccc(Br)cc1Cl)C1CCS(=O)(=O)C1. The van der Waals surface area contributed by atoms with Gasteiger partial charge in [0.2, 0.25) is 0 Å². The molecule has 1 aliphatic rings. The molecule has 1 aromatic rings. The van der Waals surface area contributed by atoms with Gasteiger partial charge in [-0.05, 0) is 31.7 Å². The summed E-state index contributed by atoms with van der Waals surface area (Å²) in [6.07, 6.45) is 0.973. The Bertz CT molecular complexity index is 648. The molecular weight excluding hydrogens is 378 g/mol. The highest BCUT2D eigenvalue weighted by Gasteiger charge is 2.30. The summed E-state index contributed by atoms with van der Waals surface area (Å²) < 4.78 is 23.8. The lowest BCUT2D eigenvalue weighted by atomic mass is 10.1. The van der Waals surface area contributed by atoms with Crippen LogP contribution in [0.2, 0.25) is 5.02 Å². The number of sulfone groups is 1. The minimum absolute atomic E-state index is 0.0168. The first-order valence-corrected chi connectivity index (χ1v) is 9.66. The van der Waals surface area contributed by atoms with Gasteiger partial charge in [0.15, 0.2) is 15.6 Å². The monoisotopic (exact) mass is 393 g/mol. The zero-order valence-electron chi connectivity index (χ0n) is 11.7. The lowest BCUT2D eigenvalue weighted by molar-refractivity contribution is 0.0963. The molecule has 116 valence electrons. The van der Waals surface area contributed by atoms with Crippen molar-refractivity contribution in [3.63, 3.8) is 0 Å². The van der Waals surface area contributed by atoms with Crippen molar-refractivity contribution in [3.8, 4) is 0 Å². The lowest BCUT2D eigenvalue weighted by Gasteiger charge is -2.22. The van der Waals surface area contributed by atoms with Crippen molar-refractivity contribution in [2.45, 2.75) is 18.9 Å². The van der Waals surface area contributed by atoms with Gasteiger partial charge in [0, 0.05) is 29.0 Å². The fraction of sp³-hybridized carbons (Fsp3) is 0.500. The summed E-state index contributed by atoms with van der Waals surface area (Å²) in [5, 5.41) is 0.431. The number of carbonyl (C=O) groups is 1. The molecule has 1 saturated heterocycles. The van der Waals surface area contributed by atoms with Gasteiger partial charge in [-0.1, -0.05) is 27.5 Å². The predicted molar refractivity (Wildman–Crippen MR) is 87.8 cm³/mol. The molecule has 2 rings (SSSR count). The Hall–Kier alpha value is -0.430. The molecule has 1 fully saturated rings. The molecule has 4 nitrogen and oxygen atoms in total. The molecule has 0 aliphatic carbocycles. The number of halogens is 2. The highest BCUT2D eigenvalue weighted by molar-refractivity contribution is 9.10. The van der Waals surface area contributed by atoms with Crippen LogP contribution in [0.4, 0.5) is 0 Å². The Morgan fingerprint density at radius 3 is 2.76 bits per heavy atom. The van der Waals surface area contributed by atoms with Crippen LogP contribution in [0.1, 0.15) is 23.2 Å². The Kier molecular flexibility index (Phi) is 5.46. The Labute approximate surface area is 138 Å². The highest BCUT2D eigenvalue weighted by atomic mass is 79.9. The van der Waals surface area contributed by atoms with Gasteiger partial charge >= 0.3 is 0 Å². The number of hydrogen-bond acceptors (Lipinski definition) is 4. The zero-order valence-corrected chi connectivity index (χ0v) is 14.8. The molecule has 1 aliphatic heterocycles. The lowest BCUT2D eigenvalue weighted by Crippen LogP contribution is -2.34. The number of benzene rings is 1. The second-order valence-corrected chi connectivity index (χ2v) is 8.89. The van der Waals surface area contributed by atoms with Crippen molar-refractivity contribution in [3.05, 3.63) is 33.3 Å². The van der Waals surface area contributed by atoms with Crippen molar-refractivity contribution in [2.75, 3.05) is 25.1 Å². The summed E-state index contributed by atoms with van der Waals surface area (Å²) in [4.78, 5) is 14.1. The first-order valence-electron chi connectivity index (χ1n) is 6.67. The van der Waals surface area contributed by atoms with Crippen molar-refractivity contribution in [1.29, 1.82) is 0 Å². The normalized spacial score (nSPS) is 20.9. The molecular formula is C14H17BrClNO3S. The van der Waals surface area contributed by atoms with Crippen molar-refractivity contribution in [1.82, 2.24) is 4.90 Å². The van der Waals surface area contributed by atoms with E-state index in [9.17, 15) is 13.2 Å². The van der Waals surface area contributed by atoms with Crippen LogP contribution in [0, 0.1) is 0 Å². The van der Waals surface area contributed by atoms with E-state index in [0.717, 1.165) is 4.47 Å². The number of ketones is 1. The smallest absolute Gasteiger partial charge is 0.165 e. The van der Waals surface area contributed by atoms with Crippen LogP contribution in [0.15, 0.2) is 22.7 Å². The van der Waals surface area contributed by atoms with Gasteiger partial charge in [0.1, 0.15) is 0 Å².